The lowest BCUT2D eigenvalue weighted by atomic mass is 10.3. The van der Waals surface area contributed by atoms with Crippen LogP contribution in [0, 0.1) is 0 Å². The monoisotopic (exact) mass is 335 g/mol. The van der Waals surface area contributed by atoms with Crippen molar-refractivity contribution >= 4 is 21.7 Å². The van der Waals surface area contributed by atoms with Crippen molar-refractivity contribution in [1.82, 2.24) is 19.7 Å². The summed E-state index contributed by atoms with van der Waals surface area (Å²) in [4.78, 5) is 7.90. The van der Waals surface area contributed by atoms with Gasteiger partial charge in [0.1, 0.15) is 16.6 Å². The van der Waals surface area contributed by atoms with Crippen molar-refractivity contribution < 1.29 is 13.2 Å². The normalized spacial score (nSPS) is 11.6. The lowest BCUT2D eigenvalue weighted by Crippen LogP contribution is -2.06. The third-order valence-electron chi connectivity index (χ3n) is 2.24. The minimum absolute atomic E-state index is 0.237. The van der Waals surface area contributed by atoms with Crippen LogP contribution in [-0.4, -0.2) is 26.3 Å². The highest BCUT2D eigenvalue weighted by atomic mass is 79.9. The summed E-state index contributed by atoms with van der Waals surface area (Å²) in [6.45, 7) is 2.51. The Morgan fingerprint density at radius 3 is 2.68 bits per heavy atom. The first-order valence-electron chi connectivity index (χ1n) is 5.30. The molecule has 0 saturated heterocycles. The van der Waals surface area contributed by atoms with Gasteiger partial charge in [0, 0.05) is 12.7 Å². The molecule has 5 nitrogen and oxygen atoms in total. The van der Waals surface area contributed by atoms with Gasteiger partial charge in [-0.15, -0.1) is 0 Å². The highest BCUT2D eigenvalue weighted by Crippen LogP contribution is 2.30. The molecule has 1 N–H and O–H groups in total. The highest BCUT2D eigenvalue weighted by molar-refractivity contribution is 9.10. The number of halogens is 4. The van der Waals surface area contributed by atoms with Gasteiger partial charge in [0.25, 0.3) is 0 Å². The lowest BCUT2D eigenvalue weighted by molar-refractivity contribution is -0.137. The quantitative estimate of drug-likeness (QED) is 0.937. The molecule has 0 fully saturated rings. The van der Waals surface area contributed by atoms with Crippen LogP contribution in [0.2, 0.25) is 0 Å². The summed E-state index contributed by atoms with van der Waals surface area (Å²) in [5.74, 6) is 0.734. The number of nitrogens with zero attached hydrogens (tertiary/aromatic N) is 4. The van der Waals surface area contributed by atoms with Gasteiger partial charge in [-0.05, 0) is 22.9 Å². The topological polar surface area (TPSA) is 55.6 Å². The first-order valence-corrected chi connectivity index (χ1v) is 6.09. The minimum atomic E-state index is -4.43. The number of hydrogen-bond acceptors (Lipinski definition) is 4. The summed E-state index contributed by atoms with van der Waals surface area (Å²) < 4.78 is 39.0. The molecule has 2 aromatic heterocycles. The maximum atomic E-state index is 12.5. The van der Waals surface area contributed by atoms with Gasteiger partial charge in [-0.2, -0.15) is 18.3 Å². The molecule has 0 saturated carbocycles. The van der Waals surface area contributed by atoms with E-state index in [2.05, 4.69) is 36.3 Å². The Bertz CT molecular complexity index is 581. The van der Waals surface area contributed by atoms with E-state index in [0.717, 1.165) is 17.1 Å². The first-order chi connectivity index (χ1) is 8.93. The summed E-state index contributed by atoms with van der Waals surface area (Å²) >= 11 is 3.25. The molecule has 0 atom stereocenters. The predicted molar refractivity (Wildman–Crippen MR) is 66.0 cm³/mol. The van der Waals surface area contributed by atoms with Gasteiger partial charge in [0.05, 0.1) is 11.8 Å². The maximum absolute atomic E-state index is 12.5. The number of hydrogen-bond donors (Lipinski definition) is 1. The number of aromatic nitrogens is 4. The second-order valence-corrected chi connectivity index (χ2v) is 4.35. The lowest BCUT2D eigenvalue weighted by Gasteiger charge is -2.08. The van der Waals surface area contributed by atoms with Crippen LogP contribution in [0.3, 0.4) is 0 Å². The summed E-state index contributed by atoms with van der Waals surface area (Å²) in [7, 11) is 0. The molecular weight excluding hydrogens is 327 g/mol. The van der Waals surface area contributed by atoms with E-state index in [1.807, 2.05) is 6.92 Å². The molecule has 0 amide bonds. The smallest absolute Gasteiger partial charge is 0.369 e. The Balaban J connectivity index is 2.42. The zero-order valence-electron chi connectivity index (χ0n) is 9.74. The van der Waals surface area contributed by atoms with Crippen molar-refractivity contribution in [3.63, 3.8) is 0 Å². The molecule has 2 heterocycles. The molecule has 9 heteroatoms. The molecule has 102 valence electrons. The fourth-order valence-corrected chi connectivity index (χ4v) is 1.92. The van der Waals surface area contributed by atoms with Gasteiger partial charge in [0.2, 0.25) is 0 Å². The van der Waals surface area contributed by atoms with Crippen LogP contribution in [0.1, 0.15) is 12.5 Å². The molecule has 0 radical (unpaired) electrons. The Labute approximate surface area is 115 Å². The van der Waals surface area contributed by atoms with Crippen LogP contribution in [-0.2, 0) is 6.18 Å². The fraction of sp³-hybridized carbons (Fsp3) is 0.300. The van der Waals surface area contributed by atoms with E-state index in [4.69, 9.17) is 0 Å². The number of rotatable bonds is 3. The molecule has 0 unspecified atom stereocenters. The predicted octanol–water partition coefficient (Wildman–Crippen LogP) is 2.88. The average molecular weight is 336 g/mol. The van der Waals surface area contributed by atoms with Crippen molar-refractivity contribution in [2.45, 2.75) is 13.1 Å². The Morgan fingerprint density at radius 1 is 1.37 bits per heavy atom. The Hall–Kier alpha value is -1.64. The van der Waals surface area contributed by atoms with Crippen molar-refractivity contribution in [3.05, 3.63) is 28.8 Å². The molecular formula is C10H9BrF3N5. The average Bonchev–Trinajstić information content (AvgIpc) is 2.81. The summed E-state index contributed by atoms with van der Waals surface area (Å²) in [5, 5.41) is 6.63. The van der Waals surface area contributed by atoms with Crippen molar-refractivity contribution in [1.29, 1.82) is 0 Å². The van der Waals surface area contributed by atoms with E-state index in [-0.39, 0.29) is 5.82 Å². The van der Waals surface area contributed by atoms with Crippen LogP contribution >= 0.6 is 15.9 Å². The highest BCUT2D eigenvalue weighted by Gasteiger charge is 2.32. The molecule has 19 heavy (non-hydrogen) atoms. The summed E-state index contributed by atoms with van der Waals surface area (Å²) in [6.07, 6.45) is -1.54. The van der Waals surface area contributed by atoms with Gasteiger partial charge < -0.3 is 5.32 Å². The molecule has 2 rings (SSSR count). The third kappa shape index (κ3) is 2.86. The second-order valence-electron chi connectivity index (χ2n) is 3.56. The van der Waals surface area contributed by atoms with Gasteiger partial charge >= 0.3 is 6.18 Å². The molecule has 0 aromatic carbocycles. The Morgan fingerprint density at radius 2 is 2.11 bits per heavy atom. The Kier molecular flexibility index (Phi) is 3.74. The van der Waals surface area contributed by atoms with Crippen molar-refractivity contribution in [2.24, 2.45) is 0 Å². The number of nitrogens with one attached hydrogen (secondary N) is 1. The third-order valence-corrected chi connectivity index (χ3v) is 2.97. The molecule has 0 aliphatic heterocycles. The van der Waals surface area contributed by atoms with Crippen LogP contribution in [0.4, 0.5) is 19.0 Å². The van der Waals surface area contributed by atoms with Crippen molar-refractivity contribution in [2.75, 3.05) is 11.9 Å². The van der Waals surface area contributed by atoms with Crippen LogP contribution in [0.5, 0.6) is 0 Å². The van der Waals surface area contributed by atoms with E-state index >= 15 is 0 Å². The zero-order valence-corrected chi connectivity index (χ0v) is 11.3. The van der Waals surface area contributed by atoms with Gasteiger partial charge in [-0.3, -0.25) is 0 Å². The van der Waals surface area contributed by atoms with Crippen LogP contribution in [0.25, 0.3) is 5.82 Å². The van der Waals surface area contributed by atoms with E-state index in [1.165, 1.54) is 6.33 Å². The molecule has 0 bridgehead atoms. The second kappa shape index (κ2) is 5.16. The van der Waals surface area contributed by atoms with E-state index in [9.17, 15) is 13.2 Å². The van der Waals surface area contributed by atoms with Crippen LogP contribution < -0.4 is 5.32 Å². The van der Waals surface area contributed by atoms with Gasteiger partial charge in [-0.25, -0.2) is 14.6 Å². The standard InChI is InChI=1S/C10H9BrF3N5/c1-2-15-8-7(11)9(17-5-16-8)19-4-6(3-18-19)10(12,13)14/h3-5H,2H2,1H3,(H,15,16,17). The SMILES string of the molecule is CCNc1ncnc(-n2cc(C(F)(F)F)cn2)c1Br. The van der Waals surface area contributed by atoms with Gasteiger partial charge in [0.15, 0.2) is 5.82 Å². The van der Waals surface area contributed by atoms with Gasteiger partial charge in [-0.1, -0.05) is 0 Å². The van der Waals surface area contributed by atoms with E-state index in [1.54, 1.807) is 0 Å². The molecule has 2 aromatic rings. The largest absolute Gasteiger partial charge is 0.419 e. The zero-order chi connectivity index (χ0) is 14.0. The summed E-state index contributed by atoms with van der Waals surface area (Å²) in [6, 6.07) is 0. The molecule has 0 spiro atoms. The van der Waals surface area contributed by atoms with E-state index in [0.29, 0.717) is 16.8 Å². The van der Waals surface area contributed by atoms with Crippen LogP contribution in [0.15, 0.2) is 23.2 Å². The summed E-state index contributed by atoms with van der Waals surface area (Å²) in [5.41, 5.74) is -0.831. The van der Waals surface area contributed by atoms with Crippen molar-refractivity contribution in [3.8, 4) is 5.82 Å². The fourth-order valence-electron chi connectivity index (χ4n) is 1.40. The first kappa shape index (κ1) is 13.8. The molecule has 0 aliphatic carbocycles. The maximum Gasteiger partial charge on any atom is 0.419 e. The van der Waals surface area contributed by atoms with E-state index < -0.39 is 11.7 Å². The number of anilines is 1. The molecule has 0 aliphatic rings. The number of alkyl halides is 3. The minimum Gasteiger partial charge on any atom is -0.369 e.